The Hall–Kier alpha value is -1.59. The maximum absolute atomic E-state index is 12.3. The molecule has 3 rings (SSSR count). The van der Waals surface area contributed by atoms with Gasteiger partial charge in [-0.15, -0.1) is 0 Å². The Kier molecular flexibility index (Phi) is 4.12. The summed E-state index contributed by atoms with van der Waals surface area (Å²) in [6, 6.07) is 9.32. The fourth-order valence-electron chi connectivity index (χ4n) is 3.26. The summed E-state index contributed by atoms with van der Waals surface area (Å²) in [6.45, 7) is 3.22. The number of hydrogen-bond donors (Lipinski definition) is 1. The number of carbonyl (C=O) groups is 1. The van der Waals surface area contributed by atoms with Crippen molar-refractivity contribution in [2.75, 3.05) is 13.2 Å². The van der Waals surface area contributed by atoms with Crippen molar-refractivity contribution in [2.45, 2.75) is 38.2 Å². The van der Waals surface area contributed by atoms with Crippen molar-refractivity contribution in [3.8, 4) is 0 Å². The van der Waals surface area contributed by atoms with Crippen LogP contribution >= 0.6 is 0 Å². The number of aliphatic hydroxyl groups is 1. The van der Waals surface area contributed by atoms with Gasteiger partial charge in [0.05, 0.1) is 18.8 Å². The number of rotatable bonds is 3. The number of nitrogens with zero attached hydrogens (tertiary/aromatic N) is 1. The molecular weight excluding hydrogens is 270 g/mol. The van der Waals surface area contributed by atoms with E-state index in [4.69, 9.17) is 9.47 Å². The van der Waals surface area contributed by atoms with E-state index in [-0.39, 0.29) is 30.8 Å². The Morgan fingerprint density at radius 1 is 1.43 bits per heavy atom. The Labute approximate surface area is 124 Å². The van der Waals surface area contributed by atoms with E-state index in [1.807, 2.05) is 30.3 Å². The van der Waals surface area contributed by atoms with Crippen molar-refractivity contribution in [1.29, 1.82) is 0 Å². The molecule has 1 aromatic carbocycles. The summed E-state index contributed by atoms with van der Waals surface area (Å²) >= 11 is 0. The third-order valence-electron chi connectivity index (χ3n) is 4.41. The average molecular weight is 291 g/mol. The smallest absolute Gasteiger partial charge is 0.410 e. The molecule has 2 heterocycles. The third-order valence-corrected chi connectivity index (χ3v) is 4.41. The molecule has 0 aromatic heterocycles. The Bertz CT molecular complexity index is 492. The molecule has 5 nitrogen and oxygen atoms in total. The largest absolute Gasteiger partial charge is 0.445 e. The van der Waals surface area contributed by atoms with Crippen LogP contribution < -0.4 is 0 Å². The number of fused-ring (bicyclic) bond motifs is 1. The molecule has 2 fully saturated rings. The number of benzene rings is 1. The number of hydrogen-bond acceptors (Lipinski definition) is 4. The summed E-state index contributed by atoms with van der Waals surface area (Å²) in [5.41, 5.74) is 0.955. The van der Waals surface area contributed by atoms with Crippen LogP contribution in [0.4, 0.5) is 4.79 Å². The number of carbonyl (C=O) groups excluding carboxylic acids is 1. The third kappa shape index (κ3) is 2.76. The van der Waals surface area contributed by atoms with E-state index >= 15 is 0 Å². The molecule has 1 amide bonds. The second-order valence-corrected chi connectivity index (χ2v) is 5.72. The zero-order valence-corrected chi connectivity index (χ0v) is 12.1. The van der Waals surface area contributed by atoms with Crippen LogP contribution in [0.25, 0.3) is 0 Å². The minimum Gasteiger partial charge on any atom is -0.445 e. The van der Waals surface area contributed by atoms with Gasteiger partial charge in [0.1, 0.15) is 12.7 Å². The summed E-state index contributed by atoms with van der Waals surface area (Å²) in [6.07, 6.45) is -0.115. The van der Waals surface area contributed by atoms with Crippen LogP contribution in [0.3, 0.4) is 0 Å². The van der Waals surface area contributed by atoms with E-state index in [0.717, 1.165) is 12.0 Å². The van der Waals surface area contributed by atoms with Gasteiger partial charge >= 0.3 is 6.09 Å². The zero-order valence-electron chi connectivity index (χ0n) is 12.1. The first-order chi connectivity index (χ1) is 10.2. The van der Waals surface area contributed by atoms with Crippen molar-refractivity contribution in [1.82, 2.24) is 4.90 Å². The number of amides is 1. The van der Waals surface area contributed by atoms with Crippen LogP contribution in [0.1, 0.15) is 18.9 Å². The quantitative estimate of drug-likeness (QED) is 0.922. The molecule has 1 aromatic rings. The van der Waals surface area contributed by atoms with Crippen LogP contribution in [0.2, 0.25) is 0 Å². The predicted molar refractivity (Wildman–Crippen MR) is 76.6 cm³/mol. The van der Waals surface area contributed by atoms with Gasteiger partial charge in [0.25, 0.3) is 0 Å². The van der Waals surface area contributed by atoms with Gasteiger partial charge in [-0.25, -0.2) is 4.79 Å². The molecule has 0 spiro atoms. The summed E-state index contributed by atoms with van der Waals surface area (Å²) in [7, 11) is 0. The first-order valence-electron chi connectivity index (χ1n) is 7.47. The monoisotopic (exact) mass is 291 g/mol. The summed E-state index contributed by atoms with van der Waals surface area (Å²) < 4.78 is 11.0. The Morgan fingerprint density at radius 3 is 2.90 bits per heavy atom. The highest BCUT2D eigenvalue weighted by atomic mass is 16.6. The molecule has 2 aliphatic heterocycles. The molecule has 0 aliphatic carbocycles. The molecule has 114 valence electrons. The van der Waals surface area contributed by atoms with Crippen LogP contribution in [0.15, 0.2) is 30.3 Å². The molecule has 0 saturated carbocycles. The zero-order chi connectivity index (χ0) is 14.8. The first-order valence-corrected chi connectivity index (χ1v) is 7.47. The highest BCUT2D eigenvalue weighted by Crippen LogP contribution is 2.35. The molecule has 4 atom stereocenters. The predicted octanol–water partition coefficient (Wildman–Crippen LogP) is 1.79. The van der Waals surface area contributed by atoms with Gasteiger partial charge in [0.2, 0.25) is 0 Å². The SMILES string of the molecule is CC[C@@H]1CN(C(=O)OCc2ccccc2)[C@H]2[C@@H]1OC[C@@H]2O. The van der Waals surface area contributed by atoms with Gasteiger partial charge in [-0.1, -0.05) is 37.3 Å². The van der Waals surface area contributed by atoms with Crippen LogP contribution in [-0.2, 0) is 16.1 Å². The highest BCUT2D eigenvalue weighted by Gasteiger charge is 2.51. The van der Waals surface area contributed by atoms with Gasteiger partial charge in [-0.05, 0) is 12.0 Å². The maximum Gasteiger partial charge on any atom is 0.410 e. The minimum absolute atomic E-state index is 0.0609. The van der Waals surface area contributed by atoms with E-state index in [1.165, 1.54) is 0 Å². The molecule has 21 heavy (non-hydrogen) atoms. The van der Waals surface area contributed by atoms with Gasteiger partial charge in [-0.2, -0.15) is 0 Å². The first kappa shape index (κ1) is 14.4. The Morgan fingerprint density at radius 2 is 2.19 bits per heavy atom. The van der Waals surface area contributed by atoms with E-state index < -0.39 is 6.10 Å². The molecule has 2 aliphatic rings. The second kappa shape index (κ2) is 6.03. The van der Waals surface area contributed by atoms with Gasteiger partial charge in [-0.3, -0.25) is 4.90 Å². The van der Waals surface area contributed by atoms with Crippen molar-refractivity contribution in [3.05, 3.63) is 35.9 Å². The van der Waals surface area contributed by atoms with Crippen molar-refractivity contribution >= 4 is 6.09 Å². The average Bonchev–Trinajstić information content (AvgIpc) is 3.07. The fourth-order valence-corrected chi connectivity index (χ4v) is 3.26. The minimum atomic E-state index is -0.615. The molecule has 5 heteroatoms. The lowest BCUT2D eigenvalue weighted by Crippen LogP contribution is -2.44. The molecule has 0 unspecified atom stereocenters. The number of likely N-dealkylation sites (tertiary alicyclic amines) is 1. The molecule has 1 N–H and O–H groups in total. The lowest BCUT2D eigenvalue weighted by Gasteiger charge is -2.24. The van der Waals surface area contributed by atoms with E-state index in [2.05, 4.69) is 6.92 Å². The van der Waals surface area contributed by atoms with Crippen molar-refractivity contribution < 1.29 is 19.4 Å². The van der Waals surface area contributed by atoms with Crippen molar-refractivity contribution in [3.63, 3.8) is 0 Å². The van der Waals surface area contributed by atoms with Crippen LogP contribution in [0.5, 0.6) is 0 Å². The second-order valence-electron chi connectivity index (χ2n) is 5.72. The van der Waals surface area contributed by atoms with Crippen LogP contribution in [0, 0.1) is 5.92 Å². The fraction of sp³-hybridized carbons (Fsp3) is 0.562. The van der Waals surface area contributed by atoms with Crippen molar-refractivity contribution in [2.24, 2.45) is 5.92 Å². The standard InChI is InChI=1S/C16H21NO4/c1-2-12-8-17(14-13(18)10-20-15(12)14)16(19)21-9-11-6-4-3-5-7-11/h3-7,12-15,18H,2,8-10H2,1H3/t12-,13+,14-,15-/m1/s1. The lowest BCUT2D eigenvalue weighted by molar-refractivity contribution is 0.0544. The number of ether oxygens (including phenoxy) is 2. The maximum atomic E-state index is 12.3. The van der Waals surface area contributed by atoms with Gasteiger partial charge < -0.3 is 14.6 Å². The molecule has 2 saturated heterocycles. The van der Waals surface area contributed by atoms with Crippen LogP contribution in [-0.4, -0.2) is 47.5 Å². The van der Waals surface area contributed by atoms with E-state index in [9.17, 15) is 9.90 Å². The van der Waals surface area contributed by atoms with E-state index in [1.54, 1.807) is 4.90 Å². The van der Waals surface area contributed by atoms with E-state index in [0.29, 0.717) is 13.2 Å². The summed E-state index contributed by atoms with van der Waals surface area (Å²) in [5, 5.41) is 10.0. The Balaban J connectivity index is 1.64. The normalized spacial score (nSPS) is 31.2. The molecule has 0 radical (unpaired) electrons. The topological polar surface area (TPSA) is 59.0 Å². The van der Waals surface area contributed by atoms with Gasteiger partial charge in [0.15, 0.2) is 0 Å². The van der Waals surface area contributed by atoms with Gasteiger partial charge in [0, 0.05) is 12.5 Å². The number of aliphatic hydroxyl groups excluding tert-OH is 1. The lowest BCUT2D eigenvalue weighted by atomic mass is 9.99. The highest BCUT2D eigenvalue weighted by molar-refractivity contribution is 5.69. The molecule has 0 bridgehead atoms. The molecular formula is C16H21NO4. The summed E-state index contributed by atoms with van der Waals surface area (Å²) in [4.78, 5) is 13.9. The summed E-state index contributed by atoms with van der Waals surface area (Å²) in [5.74, 6) is 0.274.